The number of rotatable bonds is 4. The summed E-state index contributed by atoms with van der Waals surface area (Å²) >= 11 is 0. The molecule has 1 fully saturated rings. The smallest absolute Gasteiger partial charge is 0.138 e. The Morgan fingerprint density at radius 2 is 2.46 bits per heavy atom. The van der Waals surface area contributed by atoms with Crippen LogP contribution in [0.15, 0.2) is 0 Å². The summed E-state index contributed by atoms with van der Waals surface area (Å²) in [4.78, 5) is 4.74. The summed E-state index contributed by atoms with van der Waals surface area (Å²) in [6, 6.07) is 0. The zero-order chi connectivity index (χ0) is 9.90. The minimum absolute atomic E-state index is 0.166. The molecular formula is C7H17N3O3. The van der Waals surface area contributed by atoms with Crippen molar-refractivity contribution in [3.63, 3.8) is 0 Å². The zero-order valence-corrected chi connectivity index (χ0v) is 8.06. The molecule has 13 heavy (non-hydrogen) atoms. The predicted octanol–water partition coefficient (Wildman–Crippen LogP) is -0.774. The summed E-state index contributed by atoms with van der Waals surface area (Å²) < 4.78 is 0. The van der Waals surface area contributed by atoms with Crippen molar-refractivity contribution < 1.29 is 14.8 Å². The molecule has 0 spiro atoms. The number of aliphatic hydroxyl groups is 1. The maximum atomic E-state index is 10.7. The van der Waals surface area contributed by atoms with E-state index in [9.17, 15) is 5.21 Å². The van der Waals surface area contributed by atoms with E-state index in [0.717, 1.165) is 13.0 Å². The largest absolute Gasteiger partial charge is 0.738 e. The van der Waals surface area contributed by atoms with E-state index >= 15 is 0 Å². The van der Waals surface area contributed by atoms with E-state index in [1.807, 2.05) is 10.6 Å². The van der Waals surface area contributed by atoms with Crippen LogP contribution in [-0.4, -0.2) is 48.8 Å². The summed E-state index contributed by atoms with van der Waals surface area (Å²) in [6.07, 6.45) is 0.898. The van der Waals surface area contributed by atoms with Crippen molar-refractivity contribution in [2.75, 3.05) is 33.9 Å². The van der Waals surface area contributed by atoms with Gasteiger partial charge in [-0.3, -0.25) is 0 Å². The van der Waals surface area contributed by atoms with Crippen molar-refractivity contribution in [2.24, 2.45) is 5.92 Å². The molecule has 0 saturated carbocycles. The molecule has 1 aliphatic rings. The van der Waals surface area contributed by atoms with Crippen LogP contribution in [0.1, 0.15) is 6.42 Å². The highest BCUT2D eigenvalue weighted by atomic mass is 16.8. The topological polar surface area (TPSA) is 67.8 Å². The molecule has 0 aromatic heterocycles. The first-order valence-electron chi connectivity index (χ1n) is 4.34. The fourth-order valence-electron chi connectivity index (χ4n) is 1.52. The highest BCUT2D eigenvalue weighted by Crippen LogP contribution is 2.20. The van der Waals surface area contributed by atoms with Crippen LogP contribution >= 0.6 is 0 Å². The third-order valence-electron chi connectivity index (χ3n) is 2.59. The Balaban J connectivity index is 2.53. The van der Waals surface area contributed by atoms with Crippen LogP contribution in [0.3, 0.4) is 0 Å². The monoisotopic (exact) mass is 191 g/mol. The average molecular weight is 191 g/mol. The molecule has 78 valence electrons. The van der Waals surface area contributed by atoms with E-state index in [1.54, 1.807) is 7.05 Å². The lowest BCUT2D eigenvalue weighted by molar-refractivity contribution is -1.20. The third-order valence-corrected chi connectivity index (χ3v) is 2.59. The standard InChI is InChI=1S/C7H17N3O3/c1-10(8-12,13-2)9-4-3-7(5-9)6-11/h7-8,11H,3-6H2,1-2H3. The number of hydrogen-bond acceptors (Lipinski definition) is 5. The Labute approximate surface area is 77.8 Å². The molecule has 6 heteroatoms. The van der Waals surface area contributed by atoms with Crippen molar-refractivity contribution in [1.29, 1.82) is 0 Å². The van der Waals surface area contributed by atoms with E-state index in [-0.39, 0.29) is 17.4 Å². The van der Waals surface area contributed by atoms with Crippen molar-refractivity contribution >= 4 is 0 Å². The summed E-state index contributed by atoms with van der Waals surface area (Å²) in [5.74, 6) is 0.251. The van der Waals surface area contributed by atoms with Gasteiger partial charge in [-0.1, -0.05) is 0 Å². The SMILES string of the molecule is CO[N+](C)(N[O-])N1CCC(CO)C1. The second-order valence-electron chi connectivity index (χ2n) is 3.40. The molecule has 2 N–H and O–H groups in total. The van der Waals surface area contributed by atoms with E-state index in [2.05, 4.69) is 0 Å². The quantitative estimate of drug-likeness (QED) is 0.451. The van der Waals surface area contributed by atoms with Gasteiger partial charge in [-0.15, -0.1) is 5.01 Å². The van der Waals surface area contributed by atoms with Gasteiger partial charge in [0, 0.05) is 12.5 Å². The van der Waals surface area contributed by atoms with Crippen LogP contribution in [0.2, 0.25) is 0 Å². The molecule has 0 bridgehead atoms. The predicted molar refractivity (Wildman–Crippen MR) is 46.5 cm³/mol. The van der Waals surface area contributed by atoms with Crippen LogP contribution in [0.5, 0.6) is 0 Å². The van der Waals surface area contributed by atoms with Gasteiger partial charge in [0.15, 0.2) is 0 Å². The lowest BCUT2D eigenvalue weighted by Crippen LogP contribution is -2.62. The Kier molecular flexibility index (Phi) is 3.60. The minimum Gasteiger partial charge on any atom is -0.738 e. The first-order chi connectivity index (χ1) is 6.16. The van der Waals surface area contributed by atoms with Crippen molar-refractivity contribution in [2.45, 2.75) is 6.42 Å². The van der Waals surface area contributed by atoms with Gasteiger partial charge in [-0.05, 0) is 11.3 Å². The van der Waals surface area contributed by atoms with Gasteiger partial charge in [0.2, 0.25) is 0 Å². The average Bonchev–Trinajstić information content (AvgIpc) is 2.65. The summed E-state index contributed by atoms with van der Waals surface area (Å²) in [6.45, 7) is 1.60. The van der Waals surface area contributed by atoms with Crippen LogP contribution in [0, 0.1) is 11.1 Å². The minimum atomic E-state index is -0.281. The molecule has 6 nitrogen and oxygen atoms in total. The molecule has 0 amide bonds. The number of aliphatic hydroxyl groups excluding tert-OH is 1. The Morgan fingerprint density at radius 1 is 1.77 bits per heavy atom. The van der Waals surface area contributed by atoms with Crippen LogP contribution in [0.25, 0.3) is 0 Å². The van der Waals surface area contributed by atoms with Crippen molar-refractivity contribution in [1.82, 2.24) is 10.6 Å². The van der Waals surface area contributed by atoms with E-state index in [0.29, 0.717) is 6.54 Å². The van der Waals surface area contributed by atoms with Crippen molar-refractivity contribution in [3.05, 3.63) is 5.21 Å². The molecule has 1 saturated heterocycles. The Morgan fingerprint density at radius 3 is 2.85 bits per heavy atom. The second-order valence-corrected chi connectivity index (χ2v) is 3.40. The Bertz CT molecular complexity index is 163. The van der Waals surface area contributed by atoms with Crippen molar-refractivity contribution in [3.8, 4) is 0 Å². The van der Waals surface area contributed by atoms with E-state index in [4.69, 9.17) is 9.94 Å². The fourth-order valence-corrected chi connectivity index (χ4v) is 1.52. The molecule has 1 aliphatic heterocycles. The molecule has 0 aromatic carbocycles. The van der Waals surface area contributed by atoms with Gasteiger partial charge >= 0.3 is 0 Å². The molecular weight excluding hydrogens is 174 g/mol. The Hall–Kier alpha value is -0.240. The zero-order valence-electron chi connectivity index (χ0n) is 8.06. The summed E-state index contributed by atoms with van der Waals surface area (Å²) in [5.41, 5.74) is 1.82. The first kappa shape index (κ1) is 10.8. The molecule has 2 unspecified atom stereocenters. The van der Waals surface area contributed by atoms with Gasteiger partial charge in [-0.2, -0.15) is 10.4 Å². The molecule has 0 radical (unpaired) electrons. The lowest BCUT2D eigenvalue weighted by Gasteiger charge is -2.38. The normalized spacial score (nSPS) is 29.1. The highest BCUT2D eigenvalue weighted by molar-refractivity contribution is 4.69. The number of nitrogens with zero attached hydrogens (tertiary/aromatic N) is 2. The molecule has 0 aromatic rings. The number of hydrogen-bond donors (Lipinski definition) is 2. The van der Waals surface area contributed by atoms with Gasteiger partial charge < -0.3 is 10.3 Å². The van der Waals surface area contributed by atoms with Crippen LogP contribution in [-0.2, 0) is 4.84 Å². The molecule has 1 rings (SSSR count). The number of nitrogens with one attached hydrogen (secondary N) is 1. The van der Waals surface area contributed by atoms with Gasteiger partial charge in [0.1, 0.15) is 14.2 Å². The fraction of sp³-hybridized carbons (Fsp3) is 1.00. The van der Waals surface area contributed by atoms with E-state index < -0.39 is 0 Å². The van der Waals surface area contributed by atoms with Crippen LogP contribution in [0.4, 0.5) is 0 Å². The number of quaternary nitrogens is 1. The van der Waals surface area contributed by atoms with Gasteiger partial charge in [0.25, 0.3) is 0 Å². The molecule has 0 aliphatic carbocycles. The van der Waals surface area contributed by atoms with E-state index in [1.165, 1.54) is 7.11 Å². The van der Waals surface area contributed by atoms with Crippen LogP contribution < -0.4 is 5.59 Å². The number of hydroxylamine groups is 1. The summed E-state index contributed by atoms with van der Waals surface area (Å²) in [7, 11) is 3.10. The second kappa shape index (κ2) is 4.32. The maximum absolute atomic E-state index is 10.7. The lowest BCUT2D eigenvalue weighted by atomic mass is 10.1. The third kappa shape index (κ3) is 2.16. The first-order valence-corrected chi connectivity index (χ1v) is 4.34. The van der Waals surface area contributed by atoms with Gasteiger partial charge in [-0.25, -0.2) is 0 Å². The maximum Gasteiger partial charge on any atom is 0.138 e. The molecule has 2 atom stereocenters. The highest BCUT2D eigenvalue weighted by Gasteiger charge is 2.36. The van der Waals surface area contributed by atoms with Gasteiger partial charge in [0.05, 0.1) is 13.1 Å². The molecule has 1 heterocycles. The summed E-state index contributed by atoms with van der Waals surface area (Å²) in [5, 5.41) is 21.4.